The van der Waals surface area contributed by atoms with Gasteiger partial charge in [0.2, 0.25) is 0 Å². The molecule has 0 saturated carbocycles. The van der Waals surface area contributed by atoms with Gasteiger partial charge in [0.05, 0.1) is 19.0 Å². The van der Waals surface area contributed by atoms with E-state index in [1.807, 2.05) is 6.07 Å². The van der Waals surface area contributed by atoms with Crippen LogP contribution in [0.5, 0.6) is 17.2 Å². The molecular formula is C26H33N3O3. The number of aromatic hydroxyl groups is 2. The number of likely N-dealkylation sites (tertiary alicyclic amines) is 1. The van der Waals surface area contributed by atoms with Crippen LogP contribution in [0.15, 0.2) is 41.4 Å². The lowest BCUT2D eigenvalue weighted by atomic mass is 9.79. The number of nitrogens with zero attached hydrogens (tertiary/aromatic N) is 2. The largest absolute Gasteiger partial charge is 0.504 e. The Morgan fingerprint density at radius 2 is 1.84 bits per heavy atom. The smallest absolute Gasteiger partial charge is 0.157 e. The monoisotopic (exact) mass is 435 g/mol. The molecule has 3 aliphatic rings. The summed E-state index contributed by atoms with van der Waals surface area (Å²) < 4.78 is 5.56. The predicted molar refractivity (Wildman–Crippen MR) is 126 cm³/mol. The van der Waals surface area contributed by atoms with Gasteiger partial charge in [-0.2, -0.15) is 0 Å². The molecule has 3 N–H and O–H groups in total. The summed E-state index contributed by atoms with van der Waals surface area (Å²) in [7, 11) is 1.76. The van der Waals surface area contributed by atoms with E-state index in [0.717, 1.165) is 68.2 Å². The first-order valence-electron chi connectivity index (χ1n) is 11.8. The molecule has 1 saturated heterocycles. The molecule has 0 amide bonds. The van der Waals surface area contributed by atoms with Gasteiger partial charge in [-0.1, -0.05) is 18.2 Å². The van der Waals surface area contributed by atoms with Crippen molar-refractivity contribution in [1.82, 2.24) is 10.2 Å². The van der Waals surface area contributed by atoms with Crippen molar-refractivity contribution in [2.45, 2.75) is 50.0 Å². The number of aryl methyl sites for hydroxylation is 1. The molecule has 0 spiro atoms. The standard InChI is InChI=1S/C26H33N3O3/c1-32-25-5-3-2-4-19(25)17-8-11-29(12-9-17)13-10-27-26-16-21-20-15-24(31)23(30)14-18(20)6-7-22(21)28-26/h2-5,14-15,17,21-22,30-31H,6-13,16H2,1H3,(H,27,28)/t21-,22+/m0/s1. The minimum Gasteiger partial charge on any atom is -0.504 e. The summed E-state index contributed by atoms with van der Waals surface area (Å²) in [5, 5.41) is 23.3. The topological polar surface area (TPSA) is 77.3 Å². The Morgan fingerprint density at radius 3 is 2.66 bits per heavy atom. The van der Waals surface area contributed by atoms with Crippen molar-refractivity contribution in [1.29, 1.82) is 0 Å². The van der Waals surface area contributed by atoms with Crippen LogP contribution in [-0.2, 0) is 6.42 Å². The number of methoxy groups -OCH3 is 1. The SMILES string of the molecule is COc1ccccc1C1CCN(CCNC2=N[C@@H]3CCc4cc(O)c(O)cc4[C@@H]3C2)CC1. The summed E-state index contributed by atoms with van der Waals surface area (Å²) in [4.78, 5) is 7.48. The summed E-state index contributed by atoms with van der Waals surface area (Å²) >= 11 is 0. The van der Waals surface area contributed by atoms with E-state index in [9.17, 15) is 10.2 Å². The number of amidine groups is 1. The molecule has 0 unspecified atom stereocenters. The third-order valence-corrected chi connectivity index (χ3v) is 7.47. The van der Waals surface area contributed by atoms with Crippen LogP contribution in [0.4, 0.5) is 0 Å². The number of hydrogen-bond acceptors (Lipinski definition) is 6. The summed E-state index contributed by atoms with van der Waals surface area (Å²) in [5.74, 6) is 2.94. The molecule has 2 atom stereocenters. The average Bonchev–Trinajstić information content (AvgIpc) is 3.24. The second-order valence-corrected chi connectivity index (χ2v) is 9.32. The normalized spacial score (nSPS) is 23.3. The van der Waals surface area contributed by atoms with Gasteiger partial charge in [-0.25, -0.2) is 0 Å². The molecule has 0 bridgehead atoms. The van der Waals surface area contributed by atoms with E-state index in [-0.39, 0.29) is 17.5 Å². The van der Waals surface area contributed by atoms with Crippen molar-refractivity contribution in [2.24, 2.45) is 4.99 Å². The quantitative estimate of drug-likeness (QED) is 0.623. The first kappa shape index (κ1) is 21.1. The molecule has 5 rings (SSSR count). The fourth-order valence-corrected chi connectivity index (χ4v) is 5.72. The number of phenols is 2. The fraction of sp³-hybridized carbons (Fsp3) is 0.500. The minimum atomic E-state index is -0.0256. The summed E-state index contributed by atoms with van der Waals surface area (Å²) in [5.41, 5.74) is 3.64. The zero-order valence-corrected chi connectivity index (χ0v) is 18.8. The Balaban J connectivity index is 1.11. The van der Waals surface area contributed by atoms with Crippen LogP contribution < -0.4 is 10.1 Å². The van der Waals surface area contributed by atoms with Crippen molar-refractivity contribution < 1.29 is 14.9 Å². The Hall–Kier alpha value is -2.73. The van der Waals surface area contributed by atoms with E-state index < -0.39 is 0 Å². The molecule has 1 fully saturated rings. The van der Waals surface area contributed by atoms with Crippen molar-refractivity contribution in [3.8, 4) is 17.2 Å². The van der Waals surface area contributed by atoms with E-state index in [2.05, 4.69) is 28.4 Å². The summed E-state index contributed by atoms with van der Waals surface area (Å²) in [6.45, 7) is 4.15. The molecular weight excluding hydrogens is 402 g/mol. The van der Waals surface area contributed by atoms with Crippen LogP contribution in [-0.4, -0.2) is 60.3 Å². The van der Waals surface area contributed by atoms with Crippen molar-refractivity contribution in [3.05, 3.63) is 53.1 Å². The number of hydrogen-bond donors (Lipinski definition) is 3. The molecule has 2 aromatic carbocycles. The van der Waals surface area contributed by atoms with Gasteiger partial charge in [0.25, 0.3) is 0 Å². The number of para-hydroxylation sites is 1. The number of rotatable bonds is 5. The van der Waals surface area contributed by atoms with Gasteiger partial charge in [-0.05, 0) is 79.6 Å². The van der Waals surface area contributed by atoms with Crippen molar-refractivity contribution >= 4 is 5.84 Å². The minimum absolute atomic E-state index is 0.0195. The number of fused-ring (bicyclic) bond motifs is 3. The van der Waals surface area contributed by atoms with Gasteiger partial charge in [0.15, 0.2) is 11.5 Å². The van der Waals surface area contributed by atoms with Crippen LogP contribution in [0.1, 0.15) is 54.2 Å². The van der Waals surface area contributed by atoms with Crippen molar-refractivity contribution in [3.63, 3.8) is 0 Å². The van der Waals surface area contributed by atoms with Crippen LogP contribution in [0.25, 0.3) is 0 Å². The van der Waals surface area contributed by atoms with E-state index >= 15 is 0 Å². The van der Waals surface area contributed by atoms with E-state index in [0.29, 0.717) is 11.8 Å². The average molecular weight is 436 g/mol. The third kappa shape index (κ3) is 4.16. The second-order valence-electron chi connectivity index (χ2n) is 9.32. The number of benzene rings is 2. The molecule has 0 aromatic heterocycles. The molecule has 2 heterocycles. The lowest BCUT2D eigenvalue weighted by Gasteiger charge is -2.32. The number of piperidine rings is 1. The fourth-order valence-electron chi connectivity index (χ4n) is 5.72. The maximum Gasteiger partial charge on any atom is 0.157 e. The molecule has 2 aromatic rings. The molecule has 2 aliphatic heterocycles. The van der Waals surface area contributed by atoms with E-state index in [4.69, 9.17) is 9.73 Å². The van der Waals surface area contributed by atoms with Gasteiger partial charge in [-0.3, -0.25) is 4.99 Å². The Kier molecular flexibility index (Phi) is 5.96. The number of aliphatic imine (C=N–C) groups is 1. The van der Waals surface area contributed by atoms with Crippen LogP contribution in [0.2, 0.25) is 0 Å². The second kappa shape index (κ2) is 9.02. The lowest BCUT2D eigenvalue weighted by molar-refractivity contribution is 0.214. The zero-order valence-electron chi connectivity index (χ0n) is 18.8. The summed E-state index contributed by atoms with van der Waals surface area (Å²) in [6, 6.07) is 12.2. The van der Waals surface area contributed by atoms with Crippen LogP contribution in [0.3, 0.4) is 0 Å². The highest BCUT2D eigenvalue weighted by Crippen LogP contribution is 2.43. The maximum absolute atomic E-state index is 9.95. The molecule has 32 heavy (non-hydrogen) atoms. The molecule has 6 nitrogen and oxygen atoms in total. The Bertz CT molecular complexity index is 998. The third-order valence-electron chi connectivity index (χ3n) is 7.47. The number of nitrogens with one attached hydrogen (secondary N) is 1. The summed E-state index contributed by atoms with van der Waals surface area (Å²) in [6.07, 6.45) is 5.13. The molecule has 6 heteroatoms. The highest BCUT2D eigenvalue weighted by Gasteiger charge is 2.35. The predicted octanol–water partition coefficient (Wildman–Crippen LogP) is 3.78. The first-order valence-corrected chi connectivity index (χ1v) is 11.8. The van der Waals surface area contributed by atoms with Crippen molar-refractivity contribution in [2.75, 3.05) is 33.3 Å². The number of ether oxygens (including phenoxy) is 1. The molecule has 0 radical (unpaired) electrons. The van der Waals surface area contributed by atoms with Gasteiger partial charge < -0.3 is 25.2 Å². The highest BCUT2D eigenvalue weighted by molar-refractivity contribution is 5.85. The first-order chi connectivity index (χ1) is 15.6. The van der Waals surface area contributed by atoms with Gasteiger partial charge >= 0.3 is 0 Å². The van der Waals surface area contributed by atoms with E-state index in [1.54, 1.807) is 19.2 Å². The van der Waals surface area contributed by atoms with Gasteiger partial charge in [0, 0.05) is 25.4 Å². The highest BCUT2D eigenvalue weighted by atomic mass is 16.5. The van der Waals surface area contributed by atoms with E-state index in [1.165, 1.54) is 18.4 Å². The molecule has 1 aliphatic carbocycles. The van der Waals surface area contributed by atoms with Crippen LogP contribution >= 0.6 is 0 Å². The maximum atomic E-state index is 9.95. The Morgan fingerprint density at radius 1 is 1.06 bits per heavy atom. The van der Waals surface area contributed by atoms with Crippen LogP contribution in [0, 0.1) is 0 Å². The lowest BCUT2D eigenvalue weighted by Crippen LogP contribution is -2.39. The Labute approximate surface area is 189 Å². The van der Waals surface area contributed by atoms with Gasteiger partial charge in [-0.15, -0.1) is 0 Å². The molecule has 170 valence electrons. The number of phenolic OH excluding ortho intramolecular Hbond substituents is 2. The zero-order chi connectivity index (χ0) is 22.1. The van der Waals surface area contributed by atoms with Gasteiger partial charge in [0.1, 0.15) is 5.75 Å².